The zero-order chi connectivity index (χ0) is 25.5. The fourth-order valence-electron chi connectivity index (χ4n) is 3.68. The predicted octanol–water partition coefficient (Wildman–Crippen LogP) is 2.61. The van der Waals surface area contributed by atoms with Crippen molar-refractivity contribution in [1.82, 2.24) is 9.55 Å². The van der Waals surface area contributed by atoms with Crippen molar-refractivity contribution in [1.29, 1.82) is 0 Å². The second kappa shape index (κ2) is 11.1. The van der Waals surface area contributed by atoms with Crippen LogP contribution in [0.1, 0.15) is 30.9 Å². The first-order valence-corrected chi connectivity index (χ1v) is 11.0. The number of nitro groups is 1. The van der Waals surface area contributed by atoms with Crippen LogP contribution in [-0.2, 0) is 24.3 Å². The second-order valence-electron chi connectivity index (χ2n) is 7.89. The minimum Gasteiger partial charge on any atom is -0.496 e. The molecule has 3 rings (SSSR count). The number of hydrogen-bond donors (Lipinski definition) is 2. The third kappa shape index (κ3) is 5.75. The van der Waals surface area contributed by atoms with Gasteiger partial charge in [-0.2, -0.15) is 0 Å². The smallest absolute Gasteiger partial charge is 0.330 e. The molecule has 2 aromatic carbocycles. The van der Waals surface area contributed by atoms with Gasteiger partial charge in [0.25, 0.3) is 11.2 Å². The van der Waals surface area contributed by atoms with Crippen molar-refractivity contribution in [2.45, 2.75) is 39.3 Å². The lowest BCUT2D eigenvalue weighted by molar-refractivity contribution is -0.384. The molecule has 3 aromatic rings. The minimum atomic E-state index is -0.785. The van der Waals surface area contributed by atoms with Crippen LogP contribution in [0.5, 0.6) is 5.75 Å². The number of benzene rings is 2. The van der Waals surface area contributed by atoms with Crippen molar-refractivity contribution in [3.8, 4) is 5.75 Å². The summed E-state index contributed by atoms with van der Waals surface area (Å²) in [7, 11) is 1.49. The number of methoxy groups -OCH3 is 1. The molecule has 0 spiro atoms. The van der Waals surface area contributed by atoms with Gasteiger partial charge in [0.15, 0.2) is 5.69 Å². The summed E-state index contributed by atoms with van der Waals surface area (Å²) in [5, 5.41) is 10.9. The van der Waals surface area contributed by atoms with Crippen LogP contribution in [0.4, 0.5) is 17.2 Å². The van der Waals surface area contributed by atoms with Crippen molar-refractivity contribution in [3.63, 3.8) is 0 Å². The molecule has 3 N–H and O–H groups in total. The Bertz CT molecular complexity index is 1330. The van der Waals surface area contributed by atoms with E-state index in [0.717, 1.165) is 6.42 Å². The highest BCUT2D eigenvalue weighted by Gasteiger charge is 2.26. The number of H-pyrrole nitrogens is 1. The highest BCUT2D eigenvalue weighted by Crippen LogP contribution is 2.25. The van der Waals surface area contributed by atoms with Crippen LogP contribution >= 0.6 is 0 Å². The van der Waals surface area contributed by atoms with Crippen molar-refractivity contribution in [3.05, 3.63) is 90.6 Å². The molecule has 1 aromatic heterocycles. The maximum atomic E-state index is 13.5. The van der Waals surface area contributed by atoms with Crippen LogP contribution in [0.3, 0.4) is 0 Å². The number of nitrogens with one attached hydrogen (secondary N) is 1. The molecule has 0 aliphatic rings. The fourth-order valence-corrected chi connectivity index (χ4v) is 3.68. The topological polar surface area (TPSA) is 154 Å². The van der Waals surface area contributed by atoms with Gasteiger partial charge >= 0.3 is 5.69 Å². The summed E-state index contributed by atoms with van der Waals surface area (Å²) in [6, 6.07) is 12.6. The summed E-state index contributed by atoms with van der Waals surface area (Å²) >= 11 is 0. The average Bonchev–Trinajstić information content (AvgIpc) is 2.83. The highest BCUT2D eigenvalue weighted by molar-refractivity contribution is 5.96. The Kier molecular flexibility index (Phi) is 8.03. The zero-order valence-electron chi connectivity index (χ0n) is 19.5. The van der Waals surface area contributed by atoms with E-state index in [2.05, 4.69) is 4.98 Å². The van der Waals surface area contributed by atoms with Crippen LogP contribution < -0.4 is 26.6 Å². The number of carbonyl (C=O) groups excluding carboxylic acids is 1. The second-order valence-corrected chi connectivity index (χ2v) is 7.89. The van der Waals surface area contributed by atoms with E-state index in [1.165, 1.54) is 40.8 Å². The molecule has 0 aliphatic carbocycles. The average molecular weight is 482 g/mol. The van der Waals surface area contributed by atoms with Gasteiger partial charge in [0, 0.05) is 24.2 Å². The van der Waals surface area contributed by atoms with Gasteiger partial charge in [-0.1, -0.05) is 43.7 Å². The number of non-ortho nitro benzene ring substituents is 1. The number of anilines is 2. The fraction of sp³-hybridized carbons (Fsp3) is 0.292. The molecule has 35 heavy (non-hydrogen) atoms. The summed E-state index contributed by atoms with van der Waals surface area (Å²) in [5.74, 6) is -0.0864. The maximum Gasteiger partial charge on any atom is 0.330 e. The Morgan fingerprint density at radius 2 is 1.86 bits per heavy atom. The van der Waals surface area contributed by atoms with E-state index in [4.69, 9.17) is 10.5 Å². The molecule has 0 unspecified atom stereocenters. The first-order valence-electron chi connectivity index (χ1n) is 11.0. The number of nitrogens with two attached hydrogens (primary N) is 1. The number of para-hydroxylation sites is 1. The molecule has 0 bridgehead atoms. The van der Waals surface area contributed by atoms with Crippen LogP contribution in [-0.4, -0.2) is 27.5 Å². The molecular formula is C24H27N5O6. The molecule has 1 amide bonds. The Morgan fingerprint density at radius 3 is 2.49 bits per heavy atom. The van der Waals surface area contributed by atoms with E-state index < -0.39 is 22.1 Å². The van der Waals surface area contributed by atoms with Crippen LogP contribution in [0.2, 0.25) is 0 Å². The van der Waals surface area contributed by atoms with Crippen molar-refractivity contribution in [2.24, 2.45) is 0 Å². The van der Waals surface area contributed by atoms with E-state index in [0.29, 0.717) is 23.3 Å². The number of aromatic amines is 1. The summed E-state index contributed by atoms with van der Waals surface area (Å²) in [4.78, 5) is 52.7. The van der Waals surface area contributed by atoms with Gasteiger partial charge in [-0.25, -0.2) is 4.79 Å². The number of aromatic nitrogens is 2. The maximum absolute atomic E-state index is 13.5. The van der Waals surface area contributed by atoms with Gasteiger partial charge in [0.05, 0.1) is 25.0 Å². The van der Waals surface area contributed by atoms with Gasteiger partial charge in [-0.3, -0.25) is 34.2 Å². The Labute approximate surface area is 200 Å². The lowest BCUT2D eigenvalue weighted by Crippen LogP contribution is -2.41. The number of rotatable bonds is 10. The third-order valence-electron chi connectivity index (χ3n) is 5.54. The first kappa shape index (κ1) is 25.2. The number of carbonyl (C=O) groups is 1. The quantitative estimate of drug-likeness (QED) is 0.333. The molecule has 11 nitrogen and oxygen atoms in total. The van der Waals surface area contributed by atoms with Gasteiger partial charge in [-0.15, -0.1) is 0 Å². The summed E-state index contributed by atoms with van der Waals surface area (Å²) in [6.07, 6.45) is 1.29. The predicted molar refractivity (Wildman–Crippen MR) is 132 cm³/mol. The Morgan fingerprint density at radius 1 is 1.17 bits per heavy atom. The molecule has 11 heteroatoms. The number of amides is 1. The van der Waals surface area contributed by atoms with Crippen LogP contribution in [0.15, 0.2) is 58.1 Å². The number of hydrogen-bond acceptors (Lipinski definition) is 7. The Hall–Kier alpha value is -4.41. The highest BCUT2D eigenvalue weighted by atomic mass is 16.6. The van der Waals surface area contributed by atoms with Gasteiger partial charge < -0.3 is 10.5 Å². The number of nitrogens with zero attached hydrogens (tertiary/aromatic N) is 3. The third-order valence-corrected chi connectivity index (χ3v) is 5.54. The van der Waals surface area contributed by atoms with E-state index in [1.807, 2.05) is 6.92 Å². The van der Waals surface area contributed by atoms with Crippen LogP contribution in [0.25, 0.3) is 0 Å². The van der Waals surface area contributed by atoms with Crippen LogP contribution in [0, 0.1) is 10.1 Å². The summed E-state index contributed by atoms with van der Waals surface area (Å²) in [6.45, 7) is 2.19. The van der Waals surface area contributed by atoms with Crippen molar-refractivity contribution in [2.75, 3.05) is 17.7 Å². The molecule has 0 fully saturated rings. The molecule has 184 valence electrons. The number of nitro benzene ring substituents is 1. The zero-order valence-corrected chi connectivity index (χ0v) is 19.5. The van der Waals surface area contributed by atoms with E-state index in [-0.39, 0.29) is 36.7 Å². The van der Waals surface area contributed by atoms with E-state index in [1.54, 1.807) is 24.3 Å². The largest absolute Gasteiger partial charge is 0.496 e. The molecule has 1 heterocycles. The van der Waals surface area contributed by atoms with E-state index >= 15 is 0 Å². The summed E-state index contributed by atoms with van der Waals surface area (Å²) in [5.41, 5.74) is 5.74. The normalized spacial score (nSPS) is 10.7. The van der Waals surface area contributed by atoms with E-state index in [9.17, 15) is 24.5 Å². The van der Waals surface area contributed by atoms with Gasteiger partial charge in [0.2, 0.25) is 5.91 Å². The Balaban J connectivity index is 2.08. The SMILES string of the molecule is CCCCn1c(N)c(N(Cc2ccccc2OC)C(=O)Cc2ccc([N+](=O)[O-])cc2)c(=O)[nH]c1=O. The minimum absolute atomic E-state index is 0.0465. The standard InChI is InChI=1S/C24H27N5O6/c1-3-4-13-27-22(25)21(23(31)26-24(27)32)28(15-17-7-5-6-8-19(17)35-2)20(30)14-16-9-11-18(12-10-16)29(33)34/h5-12H,3-4,13-15,25H2,1-2H3,(H,26,31,32). The van der Waals surface area contributed by atoms with Gasteiger partial charge in [-0.05, 0) is 18.1 Å². The van der Waals surface area contributed by atoms with Gasteiger partial charge in [0.1, 0.15) is 11.6 Å². The summed E-state index contributed by atoms with van der Waals surface area (Å²) < 4.78 is 6.64. The van der Waals surface area contributed by atoms with Crippen molar-refractivity contribution >= 4 is 23.1 Å². The molecule has 0 saturated heterocycles. The number of nitrogen functional groups attached to an aromatic ring is 1. The monoisotopic (exact) mass is 481 g/mol. The number of unbranched alkanes of at least 4 members (excludes halogenated alkanes) is 1. The van der Waals surface area contributed by atoms with Crippen molar-refractivity contribution < 1.29 is 14.5 Å². The number of ether oxygens (including phenoxy) is 1. The molecule has 0 saturated carbocycles. The molecule has 0 atom stereocenters. The first-order chi connectivity index (χ1) is 16.8. The molecule has 0 radical (unpaired) electrons. The molecular weight excluding hydrogens is 454 g/mol. The lowest BCUT2D eigenvalue weighted by Gasteiger charge is -2.25. The lowest BCUT2D eigenvalue weighted by atomic mass is 10.1. The molecule has 0 aliphatic heterocycles.